The molecular weight excluding hydrogens is 234 g/mol. The fourth-order valence-electron chi connectivity index (χ4n) is 2.07. The van der Waals surface area contributed by atoms with Crippen LogP contribution in [0.25, 0.3) is 0 Å². The van der Waals surface area contributed by atoms with Crippen LogP contribution in [0.5, 0.6) is 5.88 Å². The maximum absolute atomic E-state index is 10.9. The summed E-state index contributed by atoms with van der Waals surface area (Å²) in [5, 5.41) is 16.3. The number of nitrogens with zero attached hydrogens (tertiary/aromatic N) is 3. The van der Waals surface area contributed by atoms with Gasteiger partial charge in [0.2, 0.25) is 11.6 Å². The summed E-state index contributed by atoms with van der Waals surface area (Å²) >= 11 is 0. The van der Waals surface area contributed by atoms with Crippen molar-refractivity contribution in [1.82, 2.24) is 15.0 Å². The van der Waals surface area contributed by atoms with Crippen LogP contribution in [0.2, 0.25) is 0 Å². The SMILES string of the molecule is O=C(O)c1nnn2c1OC[C@H](c1ccccc1)C2. The minimum absolute atomic E-state index is 0.124. The van der Waals surface area contributed by atoms with E-state index in [0.29, 0.717) is 13.2 Å². The molecule has 0 saturated carbocycles. The lowest BCUT2D eigenvalue weighted by atomic mass is 9.99. The van der Waals surface area contributed by atoms with Crippen LogP contribution in [-0.2, 0) is 6.54 Å². The second-order valence-corrected chi connectivity index (χ2v) is 4.15. The molecule has 0 bridgehead atoms. The first kappa shape index (κ1) is 10.8. The van der Waals surface area contributed by atoms with E-state index < -0.39 is 5.97 Å². The molecule has 6 heteroatoms. The van der Waals surface area contributed by atoms with Gasteiger partial charge in [0.25, 0.3) is 0 Å². The molecular formula is C12H11N3O3. The van der Waals surface area contributed by atoms with Crippen molar-refractivity contribution in [2.45, 2.75) is 12.5 Å². The van der Waals surface area contributed by atoms with Gasteiger partial charge in [0.05, 0.1) is 13.2 Å². The summed E-state index contributed by atoms with van der Waals surface area (Å²) in [6, 6.07) is 9.93. The van der Waals surface area contributed by atoms with Gasteiger partial charge < -0.3 is 9.84 Å². The average Bonchev–Trinajstić information content (AvgIpc) is 2.82. The van der Waals surface area contributed by atoms with Crippen LogP contribution in [0.1, 0.15) is 22.0 Å². The molecule has 0 amide bonds. The lowest BCUT2D eigenvalue weighted by Gasteiger charge is -2.23. The highest BCUT2D eigenvalue weighted by atomic mass is 16.5. The Morgan fingerprint density at radius 2 is 2.17 bits per heavy atom. The van der Waals surface area contributed by atoms with Crippen molar-refractivity contribution >= 4 is 5.97 Å². The molecule has 1 atom stereocenters. The predicted octanol–water partition coefficient (Wildman–Crippen LogP) is 1.15. The molecule has 1 aromatic heterocycles. The van der Waals surface area contributed by atoms with Crippen molar-refractivity contribution < 1.29 is 14.6 Å². The third kappa shape index (κ3) is 1.71. The van der Waals surface area contributed by atoms with E-state index in [2.05, 4.69) is 10.3 Å². The van der Waals surface area contributed by atoms with E-state index in [1.807, 2.05) is 30.3 Å². The molecule has 0 fully saturated rings. The van der Waals surface area contributed by atoms with Crippen molar-refractivity contribution in [3.05, 3.63) is 41.6 Å². The van der Waals surface area contributed by atoms with E-state index >= 15 is 0 Å². The molecule has 92 valence electrons. The lowest BCUT2D eigenvalue weighted by Crippen LogP contribution is -2.24. The summed E-state index contributed by atoms with van der Waals surface area (Å²) in [5.41, 5.74) is 1.03. The molecule has 2 aromatic rings. The number of benzene rings is 1. The maximum Gasteiger partial charge on any atom is 0.362 e. The van der Waals surface area contributed by atoms with E-state index in [4.69, 9.17) is 9.84 Å². The number of fused-ring (bicyclic) bond motifs is 1. The largest absolute Gasteiger partial charge is 0.476 e. The van der Waals surface area contributed by atoms with Gasteiger partial charge in [-0.3, -0.25) is 0 Å². The Morgan fingerprint density at radius 1 is 1.39 bits per heavy atom. The van der Waals surface area contributed by atoms with Crippen LogP contribution >= 0.6 is 0 Å². The fourth-order valence-corrected chi connectivity index (χ4v) is 2.07. The molecule has 0 spiro atoms. The molecule has 3 rings (SSSR count). The molecule has 0 saturated heterocycles. The molecule has 1 aromatic carbocycles. The van der Waals surface area contributed by atoms with E-state index in [1.165, 1.54) is 4.68 Å². The molecule has 1 N–H and O–H groups in total. The Bertz CT molecular complexity index is 580. The van der Waals surface area contributed by atoms with Gasteiger partial charge >= 0.3 is 5.97 Å². The van der Waals surface area contributed by atoms with Crippen LogP contribution in [-0.4, -0.2) is 32.7 Å². The van der Waals surface area contributed by atoms with Gasteiger partial charge in [-0.1, -0.05) is 35.5 Å². The number of hydrogen-bond donors (Lipinski definition) is 1. The second-order valence-electron chi connectivity index (χ2n) is 4.15. The number of ether oxygens (including phenoxy) is 1. The molecule has 6 nitrogen and oxygen atoms in total. The molecule has 1 aliphatic heterocycles. The van der Waals surface area contributed by atoms with E-state index in [0.717, 1.165) is 5.56 Å². The topological polar surface area (TPSA) is 77.2 Å². The number of aromatic carboxylic acids is 1. The van der Waals surface area contributed by atoms with Gasteiger partial charge in [0.15, 0.2) is 0 Å². The van der Waals surface area contributed by atoms with Gasteiger partial charge in [-0.15, -0.1) is 5.10 Å². The van der Waals surface area contributed by atoms with Crippen LogP contribution in [0.4, 0.5) is 0 Å². The molecule has 2 heterocycles. The molecule has 1 aliphatic rings. The Labute approximate surface area is 103 Å². The third-order valence-corrected chi connectivity index (χ3v) is 2.98. The summed E-state index contributed by atoms with van der Waals surface area (Å²) in [7, 11) is 0. The first-order valence-corrected chi connectivity index (χ1v) is 5.60. The standard InChI is InChI=1S/C12H11N3O3/c16-12(17)10-11-15(14-13-10)6-9(7-18-11)8-4-2-1-3-5-8/h1-5,9H,6-7H2,(H,16,17)/t9-/m1/s1. The maximum atomic E-state index is 10.9. The average molecular weight is 245 g/mol. The highest BCUT2D eigenvalue weighted by Crippen LogP contribution is 2.28. The number of carboxylic acid groups (broad SMARTS) is 1. The molecule has 0 aliphatic carbocycles. The van der Waals surface area contributed by atoms with Crippen LogP contribution in [0.3, 0.4) is 0 Å². The van der Waals surface area contributed by atoms with Crippen molar-refractivity contribution in [3.63, 3.8) is 0 Å². The first-order valence-electron chi connectivity index (χ1n) is 5.60. The summed E-state index contributed by atoms with van der Waals surface area (Å²) in [6.07, 6.45) is 0. The van der Waals surface area contributed by atoms with Gasteiger partial charge in [0, 0.05) is 5.92 Å². The van der Waals surface area contributed by atoms with E-state index in [1.54, 1.807) is 0 Å². The fraction of sp³-hybridized carbons (Fsp3) is 0.250. The Morgan fingerprint density at radius 3 is 2.89 bits per heavy atom. The van der Waals surface area contributed by atoms with Crippen molar-refractivity contribution in [2.75, 3.05) is 6.61 Å². The van der Waals surface area contributed by atoms with E-state index in [-0.39, 0.29) is 17.5 Å². The second kappa shape index (κ2) is 4.14. The monoisotopic (exact) mass is 245 g/mol. The summed E-state index contributed by atoms with van der Waals surface area (Å²) < 4.78 is 6.98. The number of rotatable bonds is 2. The van der Waals surface area contributed by atoms with Crippen LogP contribution < -0.4 is 4.74 Å². The Balaban J connectivity index is 1.89. The quantitative estimate of drug-likeness (QED) is 0.858. The normalized spacial score (nSPS) is 17.9. The van der Waals surface area contributed by atoms with Gasteiger partial charge in [-0.25, -0.2) is 9.48 Å². The van der Waals surface area contributed by atoms with Crippen LogP contribution in [0, 0.1) is 0 Å². The van der Waals surface area contributed by atoms with Crippen LogP contribution in [0.15, 0.2) is 30.3 Å². The minimum atomic E-state index is -1.12. The number of aromatic nitrogens is 3. The Kier molecular flexibility index (Phi) is 2.47. The minimum Gasteiger partial charge on any atom is -0.476 e. The molecule has 0 unspecified atom stereocenters. The molecule has 0 radical (unpaired) electrons. The zero-order chi connectivity index (χ0) is 12.5. The van der Waals surface area contributed by atoms with Crippen molar-refractivity contribution in [3.8, 4) is 5.88 Å². The highest BCUT2D eigenvalue weighted by Gasteiger charge is 2.28. The third-order valence-electron chi connectivity index (χ3n) is 2.98. The zero-order valence-corrected chi connectivity index (χ0v) is 9.48. The molecule has 18 heavy (non-hydrogen) atoms. The lowest BCUT2D eigenvalue weighted by molar-refractivity contribution is 0.0682. The smallest absolute Gasteiger partial charge is 0.362 e. The van der Waals surface area contributed by atoms with Gasteiger partial charge in [-0.2, -0.15) is 0 Å². The Hall–Kier alpha value is -2.37. The van der Waals surface area contributed by atoms with Gasteiger partial charge in [0.1, 0.15) is 0 Å². The van der Waals surface area contributed by atoms with Gasteiger partial charge in [-0.05, 0) is 5.56 Å². The van der Waals surface area contributed by atoms with E-state index in [9.17, 15) is 4.79 Å². The first-order chi connectivity index (χ1) is 8.75. The zero-order valence-electron chi connectivity index (χ0n) is 9.48. The summed E-state index contributed by atoms with van der Waals surface area (Å²) in [5.74, 6) is -0.703. The van der Waals surface area contributed by atoms with Crippen molar-refractivity contribution in [1.29, 1.82) is 0 Å². The summed E-state index contributed by atoms with van der Waals surface area (Å²) in [6.45, 7) is 1.03. The number of hydrogen-bond acceptors (Lipinski definition) is 4. The number of carbonyl (C=O) groups is 1. The number of carboxylic acids is 1. The highest BCUT2D eigenvalue weighted by molar-refractivity contribution is 5.87. The predicted molar refractivity (Wildman–Crippen MR) is 61.7 cm³/mol. The van der Waals surface area contributed by atoms with Crippen molar-refractivity contribution in [2.24, 2.45) is 0 Å². The summed E-state index contributed by atoms with van der Waals surface area (Å²) in [4.78, 5) is 10.9.